The summed E-state index contributed by atoms with van der Waals surface area (Å²) in [5.74, 6) is -0.121. The molecule has 70 valence electrons. The van der Waals surface area contributed by atoms with Crippen molar-refractivity contribution in [3.05, 3.63) is 0 Å². The highest BCUT2D eigenvalue weighted by Crippen LogP contribution is 2.13. The van der Waals surface area contributed by atoms with Crippen LogP contribution in [-0.4, -0.2) is 23.6 Å². The molecule has 0 fully saturated rings. The molecule has 0 aliphatic carbocycles. The normalized spacial score (nSPS) is 11.0. The molecule has 0 bridgehead atoms. The van der Waals surface area contributed by atoms with Gasteiger partial charge in [0.1, 0.15) is 0 Å². The van der Waals surface area contributed by atoms with Crippen molar-refractivity contribution in [2.24, 2.45) is 5.41 Å². The average Bonchev–Trinajstić information content (AvgIpc) is 1.97. The molecule has 0 atom stereocenters. The lowest BCUT2D eigenvalue weighted by molar-refractivity contribution is -0.128. The van der Waals surface area contributed by atoms with E-state index in [1.54, 1.807) is 0 Å². The predicted molar refractivity (Wildman–Crippen MR) is 51.3 cm³/mol. The smallest absolute Gasteiger partial charge is 0.231 e. The van der Waals surface area contributed by atoms with Crippen molar-refractivity contribution in [1.29, 1.82) is 0 Å². The van der Waals surface area contributed by atoms with Crippen LogP contribution in [0.3, 0.4) is 0 Å². The van der Waals surface area contributed by atoms with E-state index < -0.39 is 0 Å². The number of nitrogens with one attached hydrogen (secondary N) is 1. The molecular weight excluding hydrogens is 222 g/mol. The van der Waals surface area contributed by atoms with E-state index in [0.717, 1.165) is 0 Å². The van der Waals surface area contributed by atoms with E-state index in [-0.39, 0.29) is 29.0 Å². The third-order valence-electron chi connectivity index (χ3n) is 1.40. The molecule has 0 heterocycles. The molecule has 1 N–H and O–H groups in total. The van der Waals surface area contributed by atoms with Gasteiger partial charge in [0.15, 0.2) is 5.78 Å². The van der Waals surface area contributed by atoms with Crippen LogP contribution < -0.4 is 5.32 Å². The molecule has 0 aromatic rings. The second-order valence-electron chi connectivity index (χ2n) is 3.58. The van der Waals surface area contributed by atoms with Crippen molar-refractivity contribution in [1.82, 2.24) is 5.32 Å². The zero-order valence-electron chi connectivity index (χ0n) is 7.61. The fourth-order valence-electron chi connectivity index (χ4n) is 0.491. The van der Waals surface area contributed by atoms with E-state index in [1.807, 2.05) is 20.8 Å². The fourth-order valence-corrected chi connectivity index (χ4v) is 0.690. The maximum Gasteiger partial charge on any atom is 0.231 e. The Morgan fingerprint density at radius 2 is 1.83 bits per heavy atom. The molecule has 0 aromatic carbocycles. The topological polar surface area (TPSA) is 46.2 Å². The van der Waals surface area contributed by atoms with Crippen LogP contribution in [0.15, 0.2) is 0 Å². The number of rotatable bonds is 3. The molecule has 0 aliphatic rings. The Balaban J connectivity index is 3.81. The van der Waals surface area contributed by atoms with Crippen LogP contribution in [0.25, 0.3) is 0 Å². The summed E-state index contributed by atoms with van der Waals surface area (Å²) < 4.78 is 0. The number of carbonyl (C=O) groups excluding carboxylic acids is 2. The second kappa shape index (κ2) is 4.60. The largest absolute Gasteiger partial charge is 0.348 e. The molecule has 1 amide bonds. The average molecular weight is 236 g/mol. The first-order chi connectivity index (χ1) is 5.38. The molecule has 0 spiro atoms. The van der Waals surface area contributed by atoms with Crippen molar-refractivity contribution >= 4 is 27.6 Å². The van der Waals surface area contributed by atoms with Crippen LogP contribution in [0.5, 0.6) is 0 Å². The Morgan fingerprint density at radius 1 is 1.33 bits per heavy atom. The lowest BCUT2D eigenvalue weighted by Crippen LogP contribution is -2.35. The first-order valence-electron chi connectivity index (χ1n) is 3.74. The van der Waals surface area contributed by atoms with Crippen molar-refractivity contribution in [3.8, 4) is 0 Å². The van der Waals surface area contributed by atoms with E-state index >= 15 is 0 Å². The highest BCUT2D eigenvalue weighted by atomic mass is 79.9. The standard InChI is InChI=1S/C8H14BrNO2/c1-8(2,3)6(11)5-10-7(12)4-9/h4-5H2,1-3H3,(H,10,12). The van der Waals surface area contributed by atoms with Gasteiger partial charge in [-0.2, -0.15) is 0 Å². The molecular formula is C8H14BrNO2. The summed E-state index contributed by atoms with van der Waals surface area (Å²) in [5, 5.41) is 2.74. The van der Waals surface area contributed by atoms with Crippen molar-refractivity contribution in [3.63, 3.8) is 0 Å². The highest BCUT2D eigenvalue weighted by Gasteiger charge is 2.20. The summed E-state index contributed by atoms with van der Waals surface area (Å²) in [6.07, 6.45) is 0. The van der Waals surface area contributed by atoms with Gasteiger partial charge < -0.3 is 5.32 Å². The molecule has 4 heteroatoms. The number of carbonyl (C=O) groups is 2. The molecule has 0 rings (SSSR count). The maximum absolute atomic E-state index is 11.3. The minimum Gasteiger partial charge on any atom is -0.348 e. The number of hydrogen-bond acceptors (Lipinski definition) is 2. The molecule has 12 heavy (non-hydrogen) atoms. The summed E-state index contributed by atoms with van der Waals surface area (Å²) in [5.41, 5.74) is -0.375. The lowest BCUT2D eigenvalue weighted by Gasteiger charge is -2.16. The molecule has 0 saturated heterocycles. The van der Waals surface area contributed by atoms with Crippen molar-refractivity contribution in [2.45, 2.75) is 20.8 Å². The van der Waals surface area contributed by atoms with Crippen LogP contribution in [0.4, 0.5) is 0 Å². The number of halogens is 1. The number of ketones is 1. The van der Waals surface area contributed by atoms with Crippen molar-refractivity contribution < 1.29 is 9.59 Å². The molecule has 0 radical (unpaired) electrons. The summed E-state index contributed by atoms with van der Waals surface area (Å²) >= 11 is 2.99. The highest BCUT2D eigenvalue weighted by molar-refractivity contribution is 9.09. The van der Waals surface area contributed by atoms with E-state index in [9.17, 15) is 9.59 Å². The SMILES string of the molecule is CC(C)(C)C(=O)CNC(=O)CBr. The van der Waals surface area contributed by atoms with E-state index in [1.165, 1.54) is 0 Å². The second-order valence-corrected chi connectivity index (χ2v) is 4.14. The Bertz CT molecular complexity index is 184. The molecule has 0 saturated carbocycles. The van der Waals surface area contributed by atoms with Crippen LogP contribution in [-0.2, 0) is 9.59 Å². The van der Waals surface area contributed by atoms with Gasteiger partial charge in [0.05, 0.1) is 11.9 Å². The predicted octanol–water partition coefficient (Wildman–Crippen LogP) is 1.11. The minimum atomic E-state index is -0.375. The van der Waals surface area contributed by atoms with Gasteiger partial charge in [0.25, 0.3) is 0 Å². The molecule has 0 unspecified atom stereocenters. The Labute approximate surface area is 81.0 Å². The zero-order valence-corrected chi connectivity index (χ0v) is 9.19. The van der Waals surface area contributed by atoms with Crippen LogP contribution in [0, 0.1) is 5.41 Å². The van der Waals surface area contributed by atoms with Gasteiger partial charge in [-0.15, -0.1) is 0 Å². The first kappa shape index (κ1) is 11.6. The minimum absolute atomic E-state index is 0.0387. The number of amides is 1. The van der Waals surface area contributed by atoms with Gasteiger partial charge in [-0.05, 0) is 0 Å². The number of alkyl halides is 1. The molecule has 0 aromatic heterocycles. The monoisotopic (exact) mass is 235 g/mol. The molecule has 3 nitrogen and oxygen atoms in total. The van der Waals surface area contributed by atoms with Crippen LogP contribution in [0.2, 0.25) is 0 Å². The summed E-state index contributed by atoms with van der Waals surface area (Å²) in [4.78, 5) is 22.0. The van der Waals surface area contributed by atoms with Gasteiger partial charge in [-0.25, -0.2) is 0 Å². The Kier molecular flexibility index (Phi) is 4.45. The van der Waals surface area contributed by atoms with E-state index in [2.05, 4.69) is 21.2 Å². The van der Waals surface area contributed by atoms with Crippen LogP contribution >= 0.6 is 15.9 Å². The third kappa shape index (κ3) is 4.49. The first-order valence-corrected chi connectivity index (χ1v) is 4.86. The van der Waals surface area contributed by atoms with Gasteiger partial charge >= 0.3 is 0 Å². The van der Waals surface area contributed by atoms with Crippen molar-refractivity contribution in [2.75, 3.05) is 11.9 Å². The number of Topliss-reactive ketones (excluding diaryl/α,β-unsaturated/α-hetero) is 1. The summed E-state index contributed by atoms with van der Waals surface area (Å²) in [7, 11) is 0. The van der Waals surface area contributed by atoms with Gasteiger partial charge in [0, 0.05) is 5.41 Å². The van der Waals surface area contributed by atoms with E-state index in [4.69, 9.17) is 0 Å². The number of hydrogen-bond donors (Lipinski definition) is 1. The summed E-state index contributed by atoms with van der Waals surface area (Å²) in [6.45, 7) is 5.61. The lowest BCUT2D eigenvalue weighted by atomic mass is 9.91. The quantitative estimate of drug-likeness (QED) is 0.746. The maximum atomic E-state index is 11.3. The van der Waals surface area contributed by atoms with Gasteiger partial charge in [-0.3, -0.25) is 9.59 Å². The zero-order chi connectivity index (χ0) is 9.78. The Hall–Kier alpha value is -0.380. The van der Waals surface area contributed by atoms with E-state index in [0.29, 0.717) is 0 Å². The van der Waals surface area contributed by atoms with Gasteiger partial charge in [-0.1, -0.05) is 36.7 Å². The van der Waals surface area contributed by atoms with Gasteiger partial charge in [0.2, 0.25) is 5.91 Å². The molecule has 0 aliphatic heterocycles. The Morgan fingerprint density at radius 3 is 2.17 bits per heavy atom. The summed E-state index contributed by atoms with van der Waals surface area (Å²) in [6, 6.07) is 0. The van der Waals surface area contributed by atoms with Crippen LogP contribution in [0.1, 0.15) is 20.8 Å². The fraction of sp³-hybridized carbons (Fsp3) is 0.750. The third-order valence-corrected chi connectivity index (χ3v) is 1.91.